The Labute approximate surface area is 189 Å². The van der Waals surface area contributed by atoms with Gasteiger partial charge in [-0.2, -0.15) is 13.2 Å². The van der Waals surface area contributed by atoms with Crippen LogP contribution < -0.4 is 15.5 Å². The molecule has 0 bridgehead atoms. The highest BCUT2D eigenvalue weighted by atomic mass is 19.4. The van der Waals surface area contributed by atoms with Gasteiger partial charge in [-0.25, -0.2) is 4.98 Å². The van der Waals surface area contributed by atoms with Crippen molar-refractivity contribution in [2.75, 3.05) is 36.5 Å². The molecule has 3 heterocycles. The first-order chi connectivity index (χ1) is 16.0. The van der Waals surface area contributed by atoms with Crippen LogP contribution in [-0.2, 0) is 17.5 Å². The number of nitrogens with zero attached hydrogens (tertiary/aromatic N) is 2. The number of benzene rings is 2. The van der Waals surface area contributed by atoms with Crippen molar-refractivity contribution in [2.45, 2.75) is 12.7 Å². The third-order valence-electron chi connectivity index (χ3n) is 5.88. The molecule has 33 heavy (non-hydrogen) atoms. The topological polar surface area (TPSA) is 49.4 Å². The van der Waals surface area contributed by atoms with Crippen molar-refractivity contribution in [3.05, 3.63) is 89.2 Å². The molecular weight excluding hydrogens is 429 g/mol. The number of hydrogen-bond donors (Lipinski definition) is 2. The second-order valence-electron chi connectivity index (χ2n) is 7.97. The molecule has 1 fully saturated rings. The third kappa shape index (κ3) is 4.52. The van der Waals surface area contributed by atoms with E-state index >= 15 is 0 Å². The normalized spacial score (nSPS) is 16.0. The van der Waals surface area contributed by atoms with Gasteiger partial charge in [0, 0.05) is 54.5 Å². The molecule has 5 nitrogen and oxygen atoms in total. The molecule has 2 aliphatic heterocycles. The Hall–Kier alpha value is -3.52. The van der Waals surface area contributed by atoms with Gasteiger partial charge in [0.15, 0.2) is 0 Å². The van der Waals surface area contributed by atoms with Crippen LogP contribution in [0.5, 0.6) is 0 Å². The van der Waals surface area contributed by atoms with Gasteiger partial charge in [-0.3, -0.25) is 0 Å². The first-order valence-electron chi connectivity index (χ1n) is 10.8. The minimum Gasteiger partial charge on any atom is -0.386 e. The predicted molar refractivity (Wildman–Crippen MR) is 122 cm³/mol. The summed E-state index contributed by atoms with van der Waals surface area (Å²) < 4.78 is 45.1. The van der Waals surface area contributed by atoms with E-state index < -0.39 is 11.7 Å². The van der Waals surface area contributed by atoms with Crippen LogP contribution in [0.4, 0.5) is 30.4 Å². The van der Waals surface area contributed by atoms with Crippen LogP contribution in [0, 0.1) is 0 Å². The smallest absolute Gasteiger partial charge is 0.386 e. The summed E-state index contributed by atoms with van der Waals surface area (Å²) in [7, 11) is 0. The van der Waals surface area contributed by atoms with Gasteiger partial charge in [-0.15, -0.1) is 0 Å². The van der Waals surface area contributed by atoms with Crippen LogP contribution in [0.15, 0.2) is 67.0 Å². The van der Waals surface area contributed by atoms with Crippen molar-refractivity contribution in [1.29, 1.82) is 0 Å². The van der Waals surface area contributed by atoms with Crippen LogP contribution in [0.3, 0.4) is 0 Å². The first-order valence-corrected chi connectivity index (χ1v) is 10.8. The van der Waals surface area contributed by atoms with Gasteiger partial charge in [0.05, 0.1) is 18.8 Å². The van der Waals surface area contributed by atoms with Crippen LogP contribution in [0.25, 0.3) is 5.57 Å². The molecule has 2 aromatic carbocycles. The van der Waals surface area contributed by atoms with Gasteiger partial charge in [0.25, 0.3) is 0 Å². The van der Waals surface area contributed by atoms with E-state index in [9.17, 15) is 13.2 Å². The Morgan fingerprint density at radius 2 is 1.79 bits per heavy atom. The summed E-state index contributed by atoms with van der Waals surface area (Å²) in [5.74, 6) is 0.677. The van der Waals surface area contributed by atoms with Crippen LogP contribution in [-0.4, -0.2) is 31.3 Å². The Morgan fingerprint density at radius 3 is 2.55 bits per heavy atom. The molecule has 2 aliphatic rings. The number of rotatable bonds is 4. The van der Waals surface area contributed by atoms with Gasteiger partial charge >= 0.3 is 6.18 Å². The minimum absolute atomic E-state index is 0.505. The average Bonchev–Trinajstić information content (AvgIpc) is 2.84. The predicted octanol–water partition coefficient (Wildman–Crippen LogP) is 5.17. The third-order valence-corrected chi connectivity index (χ3v) is 5.88. The van der Waals surface area contributed by atoms with E-state index in [1.54, 1.807) is 18.5 Å². The molecule has 1 saturated heterocycles. The molecule has 0 spiro atoms. The standard InChI is InChI=1S/C25H23F3N4O/c26-25(27,28)18-3-1-2-17(14-18)22-15-29-16-23-21(22)8-9-30-24(23)31-19-4-6-20(7-5-19)32-10-12-33-13-11-32/h1-9,14-15,29H,10-13,16H2,(H,30,31). The van der Waals surface area contributed by atoms with E-state index in [4.69, 9.17) is 4.74 Å². The average molecular weight is 452 g/mol. The van der Waals surface area contributed by atoms with Crippen LogP contribution >= 0.6 is 0 Å². The Kier molecular flexibility index (Phi) is 5.68. The molecule has 1 aromatic heterocycles. The SMILES string of the molecule is FC(F)(F)c1cccc(C2=CNCc3c2ccnc3Nc2ccc(N3CCOCC3)cc2)c1. The number of fused-ring (bicyclic) bond motifs is 1. The summed E-state index contributed by atoms with van der Waals surface area (Å²) in [4.78, 5) is 6.78. The van der Waals surface area contributed by atoms with Crippen molar-refractivity contribution in [1.82, 2.24) is 10.3 Å². The van der Waals surface area contributed by atoms with E-state index in [1.165, 1.54) is 12.1 Å². The molecule has 3 aromatic rings. The van der Waals surface area contributed by atoms with Gasteiger partial charge in [0.1, 0.15) is 5.82 Å². The number of pyridine rings is 1. The Balaban J connectivity index is 1.41. The fraction of sp³-hybridized carbons (Fsp3) is 0.240. The van der Waals surface area contributed by atoms with Crippen molar-refractivity contribution in [2.24, 2.45) is 0 Å². The van der Waals surface area contributed by atoms with E-state index in [0.29, 0.717) is 23.5 Å². The summed E-state index contributed by atoms with van der Waals surface area (Å²) >= 11 is 0. The molecule has 0 saturated carbocycles. The maximum atomic E-state index is 13.2. The highest BCUT2D eigenvalue weighted by Gasteiger charge is 2.31. The highest BCUT2D eigenvalue weighted by molar-refractivity contribution is 5.84. The maximum Gasteiger partial charge on any atom is 0.416 e. The largest absolute Gasteiger partial charge is 0.416 e. The number of morpholine rings is 1. The second-order valence-corrected chi connectivity index (χ2v) is 7.97. The zero-order valence-corrected chi connectivity index (χ0v) is 17.8. The Bertz CT molecular complexity index is 1170. The lowest BCUT2D eigenvalue weighted by atomic mass is 9.92. The quantitative estimate of drug-likeness (QED) is 0.572. The minimum atomic E-state index is -4.39. The zero-order valence-electron chi connectivity index (χ0n) is 17.8. The number of nitrogens with one attached hydrogen (secondary N) is 2. The van der Waals surface area contributed by atoms with Crippen molar-refractivity contribution in [3.8, 4) is 0 Å². The molecule has 0 unspecified atom stereocenters. The van der Waals surface area contributed by atoms with Gasteiger partial charge in [-0.1, -0.05) is 12.1 Å². The molecule has 8 heteroatoms. The molecule has 5 rings (SSSR count). The summed E-state index contributed by atoms with van der Waals surface area (Å²) in [5, 5.41) is 6.55. The summed E-state index contributed by atoms with van der Waals surface area (Å²) in [5.41, 5.74) is 4.34. The maximum absolute atomic E-state index is 13.2. The second kappa shape index (κ2) is 8.78. The van der Waals surface area contributed by atoms with E-state index in [0.717, 1.165) is 54.9 Å². The van der Waals surface area contributed by atoms with Crippen molar-refractivity contribution >= 4 is 22.8 Å². The number of hydrogen-bond acceptors (Lipinski definition) is 5. The monoisotopic (exact) mass is 452 g/mol. The van der Waals surface area contributed by atoms with Crippen LogP contribution in [0.2, 0.25) is 0 Å². The van der Waals surface area contributed by atoms with Crippen LogP contribution in [0.1, 0.15) is 22.3 Å². The lowest BCUT2D eigenvalue weighted by molar-refractivity contribution is -0.137. The van der Waals surface area contributed by atoms with Gasteiger partial charge in [0.2, 0.25) is 0 Å². The lowest BCUT2D eigenvalue weighted by Crippen LogP contribution is -2.36. The Morgan fingerprint density at radius 1 is 1.00 bits per heavy atom. The molecule has 0 aliphatic carbocycles. The van der Waals surface area contributed by atoms with E-state index in [-0.39, 0.29) is 0 Å². The number of anilines is 3. The highest BCUT2D eigenvalue weighted by Crippen LogP contribution is 2.36. The first kappa shape index (κ1) is 21.3. The number of halogens is 3. The fourth-order valence-electron chi connectivity index (χ4n) is 4.18. The van der Waals surface area contributed by atoms with Gasteiger partial charge < -0.3 is 20.3 Å². The van der Waals surface area contributed by atoms with Crippen molar-refractivity contribution < 1.29 is 17.9 Å². The fourth-order valence-corrected chi connectivity index (χ4v) is 4.18. The number of alkyl halides is 3. The van der Waals surface area contributed by atoms with E-state index in [2.05, 4.69) is 32.7 Å². The molecule has 0 radical (unpaired) electrons. The zero-order chi connectivity index (χ0) is 22.8. The van der Waals surface area contributed by atoms with Gasteiger partial charge in [-0.05, 0) is 53.6 Å². The van der Waals surface area contributed by atoms with Crippen molar-refractivity contribution in [3.63, 3.8) is 0 Å². The molecule has 0 amide bonds. The summed E-state index contributed by atoms with van der Waals surface area (Å²) in [6.45, 7) is 3.73. The lowest BCUT2D eigenvalue weighted by Gasteiger charge is -2.29. The summed E-state index contributed by atoms with van der Waals surface area (Å²) in [6, 6.07) is 15.4. The molecule has 170 valence electrons. The molecule has 2 N–H and O–H groups in total. The number of ether oxygens (including phenoxy) is 1. The molecule has 0 atom stereocenters. The van der Waals surface area contributed by atoms with E-state index in [1.807, 2.05) is 18.2 Å². The molecular formula is C25H23F3N4O. The number of aromatic nitrogens is 1. The summed E-state index contributed by atoms with van der Waals surface area (Å²) in [6.07, 6.45) is -0.950.